The quantitative estimate of drug-likeness (QED) is 0.505. The van der Waals surface area contributed by atoms with E-state index >= 15 is 0 Å². The Kier molecular flexibility index (Phi) is 2.09. The number of hydrogen-bond donors (Lipinski definition) is 0. The first kappa shape index (κ1) is 6.31. The molecular weight excluding hydrogens is 167 g/mol. The summed E-state index contributed by atoms with van der Waals surface area (Å²) < 4.78 is 0. The van der Waals surface area contributed by atoms with Crippen molar-refractivity contribution in [2.24, 2.45) is 0 Å². The molecule has 0 amide bonds. The second kappa shape index (κ2) is 2.65. The number of carbonyl (C=O) groups excluding carboxylic acids is 1. The predicted molar refractivity (Wildman–Crippen MR) is 33.0 cm³/mol. The van der Waals surface area contributed by atoms with Crippen LogP contribution >= 0.6 is 0 Å². The molecule has 1 radical (unpaired) electrons. The van der Waals surface area contributed by atoms with Crippen LogP contribution in [0.5, 0.6) is 0 Å². The van der Waals surface area contributed by atoms with Crippen LogP contribution in [0.1, 0.15) is 25.7 Å². The molecule has 0 aromatic rings. The number of ketones is 1. The third-order valence-electron chi connectivity index (χ3n) is 1.44. The fraction of sp³-hybridized carbons (Fsp3) is 0.833. The van der Waals surface area contributed by atoms with Gasteiger partial charge in [0.1, 0.15) is 0 Å². The van der Waals surface area contributed by atoms with Gasteiger partial charge in [0.05, 0.1) is 0 Å². The normalized spacial score (nSPS) is 30.6. The van der Waals surface area contributed by atoms with Crippen LogP contribution in [0, 0.1) is 0 Å². The van der Waals surface area contributed by atoms with Gasteiger partial charge in [-0.05, 0) is 0 Å². The summed E-state index contributed by atoms with van der Waals surface area (Å²) in [4.78, 5) is 11.2. The van der Waals surface area contributed by atoms with E-state index in [4.69, 9.17) is 0 Å². The Bertz CT molecular complexity index is 101. The van der Waals surface area contributed by atoms with E-state index in [2.05, 4.69) is 16.0 Å². The molecule has 8 heavy (non-hydrogen) atoms. The zero-order valence-corrected chi connectivity index (χ0v) is 6.44. The number of rotatable bonds is 0. The van der Waals surface area contributed by atoms with Crippen LogP contribution in [0.2, 0.25) is 4.82 Å². The summed E-state index contributed by atoms with van der Waals surface area (Å²) >= 11 is 2.99. The number of hydrogen-bond acceptors (Lipinski definition) is 1. The van der Waals surface area contributed by atoms with E-state index in [1.165, 1.54) is 6.42 Å². The molecule has 1 atom stereocenters. The van der Waals surface area contributed by atoms with Crippen molar-refractivity contribution in [2.75, 3.05) is 0 Å². The molecule has 1 aliphatic rings. The number of Topliss-reactive ketones (excluding diaryl/α,β-unsaturated/α-hetero) is 1. The minimum atomic E-state index is 0.431. The van der Waals surface area contributed by atoms with E-state index in [0.29, 0.717) is 10.6 Å². The van der Waals surface area contributed by atoms with Gasteiger partial charge in [0.25, 0.3) is 0 Å². The summed E-state index contributed by atoms with van der Waals surface area (Å²) in [7, 11) is 0. The van der Waals surface area contributed by atoms with Crippen molar-refractivity contribution in [2.45, 2.75) is 30.5 Å². The second-order valence-electron chi connectivity index (χ2n) is 2.26. The Labute approximate surface area is 57.7 Å². The first-order valence-corrected chi connectivity index (χ1v) is 3.95. The van der Waals surface area contributed by atoms with Crippen LogP contribution in [0.4, 0.5) is 0 Å². The second-order valence-corrected chi connectivity index (χ2v) is 3.66. The van der Waals surface area contributed by atoms with Crippen molar-refractivity contribution < 1.29 is 4.79 Å². The van der Waals surface area contributed by atoms with Gasteiger partial charge in [-0.15, -0.1) is 0 Å². The van der Waals surface area contributed by atoms with E-state index in [9.17, 15) is 4.79 Å². The molecule has 0 heterocycles. The van der Waals surface area contributed by atoms with Crippen molar-refractivity contribution in [1.82, 2.24) is 0 Å². The Morgan fingerprint density at radius 3 is 2.75 bits per heavy atom. The standard InChI is InChI=1S/C6H9OSe/c7-5-2-1-3-6(8)4-5/h6H,1-4H2. The Morgan fingerprint density at radius 2 is 2.38 bits per heavy atom. The molecule has 1 nitrogen and oxygen atoms in total. The Morgan fingerprint density at radius 1 is 1.62 bits per heavy atom. The molecule has 0 N–H and O–H groups in total. The van der Waals surface area contributed by atoms with E-state index < -0.39 is 0 Å². The minimum absolute atomic E-state index is 0.431. The van der Waals surface area contributed by atoms with E-state index in [0.717, 1.165) is 19.3 Å². The first-order chi connectivity index (χ1) is 3.79. The van der Waals surface area contributed by atoms with Crippen LogP contribution in [0.25, 0.3) is 0 Å². The summed E-state index contributed by atoms with van der Waals surface area (Å²) in [5, 5.41) is 0. The summed E-state index contributed by atoms with van der Waals surface area (Å²) in [6.07, 6.45) is 3.89. The molecule has 2 heteroatoms. The average molecular weight is 176 g/mol. The van der Waals surface area contributed by atoms with Crippen molar-refractivity contribution in [3.8, 4) is 0 Å². The molecule has 1 fully saturated rings. The van der Waals surface area contributed by atoms with E-state index in [1.54, 1.807) is 0 Å². The fourth-order valence-corrected chi connectivity index (χ4v) is 1.72. The molecule has 1 aliphatic carbocycles. The SMILES string of the molecule is O=C1CCCC([Se])C1. The van der Waals surface area contributed by atoms with Gasteiger partial charge in [-0.2, -0.15) is 0 Å². The fourth-order valence-electron chi connectivity index (χ4n) is 0.985. The van der Waals surface area contributed by atoms with Gasteiger partial charge in [-0.1, -0.05) is 0 Å². The molecule has 0 spiro atoms. The maximum absolute atomic E-state index is 10.7. The van der Waals surface area contributed by atoms with Gasteiger partial charge in [-0.25, -0.2) is 0 Å². The van der Waals surface area contributed by atoms with Gasteiger partial charge in [-0.3, -0.25) is 0 Å². The third-order valence-corrected chi connectivity index (χ3v) is 2.28. The average Bonchev–Trinajstić information content (AvgIpc) is 1.64. The van der Waals surface area contributed by atoms with Crippen LogP contribution in [0.3, 0.4) is 0 Å². The van der Waals surface area contributed by atoms with Crippen molar-refractivity contribution in [3.05, 3.63) is 0 Å². The molecule has 0 saturated heterocycles. The molecule has 0 aromatic carbocycles. The molecular formula is C6H9OSe. The van der Waals surface area contributed by atoms with E-state index in [1.807, 2.05) is 0 Å². The number of carbonyl (C=O) groups is 1. The maximum atomic E-state index is 10.7. The molecule has 0 aliphatic heterocycles. The van der Waals surface area contributed by atoms with Gasteiger partial charge < -0.3 is 0 Å². The summed E-state index contributed by atoms with van der Waals surface area (Å²) in [5.41, 5.74) is 0. The molecule has 1 saturated carbocycles. The van der Waals surface area contributed by atoms with Gasteiger partial charge >= 0.3 is 57.1 Å². The zero-order chi connectivity index (χ0) is 5.98. The van der Waals surface area contributed by atoms with Gasteiger partial charge in [0, 0.05) is 0 Å². The van der Waals surface area contributed by atoms with E-state index in [-0.39, 0.29) is 0 Å². The molecule has 45 valence electrons. The van der Waals surface area contributed by atoms with Gasteiger partial charge in [0.15, 0.2) is 0 Å². The molecule has 1 unspecified atom stereocenters. The molecule has 1 rings (SSSR count). The summed E-state index contributed by atoms with van der Waals surface area (Å²) in [6.45, 7) is 0. The summed E-state index contributed by atoms with van der Waals surface area (Å²) in [5.74, 6) is 0.431. The topological polar surface area (TPSA) is 17.1 Å². The Balaban J connectivity index is 2.34. The molecule has 0 bridgehead atoms. The Hall–Kier alpha value is 0.189. The van der Waals surface area contributed by atoms with Crippen LogP contribution < -0.4 is 0 Å². The first-order valence-electron chi connectivity index (χ1n) is 2.96. The van der Waals surface area contributed by atoms with Crippen LogP contribution in [-0.4, -0.2) is 21.8 Å². The van der Waals surface area contributed by atoms with Crippen molar-refractivity contribution in [1.29, 1.82) is 0 Å². The van der Waals surface area contributed by atoms with Crippen LogP contribution in [0.15, 0.2) is 0 Å². The third kappa shape index (κ3) is 1.61. The summed E-state index contributed by atoms with van der Waals surface area (Å²) in [6, 6.07) is 0. The predicted octanol–water partition coefficient (Wildman–Crippen LogP) is 1.09. The molecule has 0 aromatic heterocycles. The van der Waals surface area contributed by atoms with Gasteiger partial charge in [0.2, 0.25) is 0 Å². The van der Waals surface area contributed by atoms with Crippen molar-refractivity contribution >= 4 is 21.8 Å². The van der Waals surface area contributed by atoms with Crippen LogP contribution in [-0.2, 0) is 4.79 Å². The monoisotopic (exact) mass is 177 g/mol. The van der Waals surface area contributed by atoms with Crippen molar-refractivity contribution in [3.63, 3.8) is 0 Å². The zero-order valence-electron chi connectivity index (χ0n) is 4.72.